The monoisotopic (exact) mass is 288 g/mol. The minimum absolute atomic E-state index is 0.132. The van der Waals surface area contributed by atoms with Crippen LogP contribution in [0.15, 0.2) is 24.3 Å². The first-order chi connectivity index (χ1) is 9.96. The predicted molar refractivity (Wildman–Crippen MR) is 81.3 cm³/mol. The van der Waals surface area contributed by atoms with Gasteiger partial charge in [0.15, 0.2) is 0 Å². The van der Waals surface area contributed by atoms with Crippen LogP contribution in [-0.2, 0) is 6.42 Å². The molecule has 0 amide bonds. The van der Waals surface area contributed by atoms with Crippen molar-refractivity contribution in [3.63, 3.8) is 0 Å². The zero-order valence-electron chi connectivity index (χ0n) is 12.8. The molecule has 21 heavy (non-hydrogen) atoms. The molecule has 0 aliphatic heterocycles. The highest BCUT2D eigenvalue weighted by atomic mass is 19.1. The highest BCUT2D eigenvalue weighted by Gasteiger charge is 2.57. The third-order valence-electron chi connectivity index (χ3n) is 6.45. The van der Waals surface area contributed by atoms with Gasteiger partial charge in [-0.1, -0.05) is 19.1 Å². The molecule has 4 bridgehead atoms. The van der Waals surface area contributed by atoms with Gasteiger partial charge in [-0.2, -0.15) is 0 Å². The number of hydrogen-bond donors (Lipinski definition) is 1. The maximum atomic E-state index is 13.0. The molecule has 1 aromatic rings. The molecule has 0 spiro atoms. The molecule has 5 rings (SSSR count). The third-order valence-corrected chi connectivity index (χ3v) is 6.45. The Bertz CT molecular complexity index is 521. The third kappa shape index (κ3) is 2.32. The summed E-state index contributed by atoms with van der Waals surface area (Å²) in [5.41, 5.74) is 1.66. The summed E-state index contributed by atoms with van der Waals surface area (Å²) < 4.78 is 13.0. The Balaban J connectivity index is 1.56. The summed E-state index contributed by atoms with van der Waals surface area (Å²) in [7, 11) is 0. The lowest BCUT2D eigenvalue weighted by molar-refractivity contribution is -0.152. The summed E-state index contributed by atoms with van der Waals surface area (Å²) in [6, 6.07) is 6.65. The Morgan fingerprint density at radius 2 is 1.76 bits per heavy atom. The zero-order valence-corrected chi connectivity index (χ0v) is 12.8. The van der Waals surface area contributed by atoms with Gasteiger partial charge in [-0.25, -0.2) is 4.39 Å². The molecule has 1 aromatic carbocycles. The minimum Gasteiger partial charge on any atom is -0.392 e. The molecule has 0 aromatic heterocycles. The lowest BCUT2D eigenvalue weighted by Gasteiger charge is -2.62. The smallest absolute Gasteiger partial charge is 0.123 e. The second kappa shape index (κ2) is 4.55. The van der Waals surface area contributed by atoms with Gasteiger partial charge in [-0.05, 0) is 85.3 Å². The number of rotatable bonds is 3. The minimum atomic E-state index is -0.270. The van der Waals surface area contributed by atoms with Gasteiger partial charge in [0.1, 0.15) is 5.82 Å². The largest absolute Gasteiger partial charge is 0.392 e. The van der Waals surface area contributed by atoms with E-state index in [-0.39, 0.29) is 17.3 Å². The fraction of sp³-hybridized carbons (Fsp3) is 0.684. The number of aliphatic hydroxyl groups is 1. The van der Waals surface area contributed by atoms with E-state index < -0.39 is 0 Å². The van der Waals surface area contributed by atoms with Crippen molar-refractivity contribution >= 4 is 0 Å². The molecule has 1 nitrogen and oxygen atoms in total. The van der Waals surface area contributed by atoms with Crippen LogP contribution in [0.3, 0.4) is 0 Å². The summed E-state index contributed by atoms with van der Waals surface area (Å²) in [5, 5.41) is 11.0. The van der Waals surface area contributed by atoms with E-state index in [4.69, 9.17) is 0 Å². The maximum Gasteiger partial charge on any atom is 0.123 e. The van der Waals surface area contributed by atoms with Crippen LogP contribution in [-0.4, -0.2) is 11.2 Å². The summed E-state index contributed by atoms with van der Waals surface area (Å²) >= 11 is 0. The van der Waals surface area contributed by atoms with Crippen LogP contribution < -0.4 is 0 Å². The van der Waals surface area contributed by atoms with Crippen molar-refractivity contribution in [2.75, 3.05) is 0 Å². The van der Waals surface area contributed by atoms with E-state index in [1.54, 1.807) is 0 Å². The van der Waals surface area contributed by atoms with Crippen LogP contribution in [0.2, 0.25) is 0 Å². The zero-order chi connectivity index (χ0) is 14.7. The molecule has 3 atom stereocenters. The van der Waals surface area contributed by atoms with E-state index in [1.807, 2.05) is 12.1 Å². The van der Waals surface area contributed by atoms with E-state index in [0.717, 1.165) is 17.4 Å². The summed E-state index contributed by atoms with van der Waals surface area (Å²) in [6.45, 7) is 2.43. The number of hydrogen-bond acceptors (Lipinski definition) is 1. The van der Waals surface area contributed by atoms with Gasteiger partial charge in [0.25, 0.3) is 0 Å². The van der Waals surface area contributed by atoms with Crippen molar-refractivity contribution in [3.8, 4) is 0 Å². The quantitative estimate of drug-likeness (QED) is 0.877. The Hall–Kier alpha value is -0.890. The van der Waals surface area contributed by atoms with Crippen molar-refractivity contribution in [1.82, 2.24) is 0 Å². The molecule has 3 unspecified atom stereocenters. The number of aliphatic hydroxyl groups excluding tert-OH is 1. The molecule has 0 saturated heterocycles. The number of benzene rings is 1. The lowest BCUT2D eigenvalue weighted by atomic mass is 9.43. The van der Waals surface area contributed by atoms with Crippen molar-refractivity contribution < 1.29 is 9.50 Å². The molecule has 1 N–H and O–H groups in total. The first kappa shape index (κ1) is 13.8. The molecule has 2 heteroatoms. The molecule has 0 radical (unpaired) electrons. The highest BCUT2D eigenvalue weighted by Crippen LogP contribution is 2.66. The second-order valence-electron chi connectivity index (χ2n) is 8.48. The molecule has 4 fully saturated rings. The van der Waals surface area contributed by atoms with Gasteiger partial charge in [0.2, 0.25) is 0 Å². The molecule has 4 aliphatic carbocycles. The summed E-state index contributed by atoms with van der Waals surface area (Å²) in [6.07, 6.45) is 8.14. The fourth-order valence-corrected chi connectivity index (χ4v) is 6.25. The first-order valence-corrected chi connectivity index (χ1v) is 8.39. The average molecular weight is 288 g/mol. The Morgan fingerprint density at radius 3 is 2.33 bits per heavy atom. The molecular formula is C19H25FO. The van der Waals surface area contributed by atoms with Crippen LogP contribution in [0, 0.1) is 28.5 Å². The van der Waals surface area contributed by atoms with Crippen molar-refractivity contribution in [1.29, 1.82) is 0 Å². The fourth-order valence-electron chi connectivity index (χ4n) is 6.25. The van der Waals surface area contributed by atoms with E-state index in [9.17, 15) is 9.50 Å². The van der Waals surface area contributed by atoms with E-state index in [2.05, 4.69) is 6.92 Å². The molecule has 114 valence electrons. The average Bonchev–Trinajstić information content (AvgIpc) is 2.38. The van der Waals surface area contributed by atoms with E-state index in [0.29, 0.717) is 11.8 Å². The van der Waals surface area contributed by atoms with Gasteiger partial charge in [-0.15, -0.1) is 0 Å². The van der Waals surface area contributed by atoms with E-state index in [1.165, 1.54) is 50.7 Å². The SMILES string of the molecule is CC12CC3CC(C1)CC(C(O)Cc1ccc(F)cc1)(C3)C2. The maximum absolute atomic E-state index is 13.0. The van der Waals surface area contributed by atoms with Crippen LogP contribution >= 0.6 is 0 Å². The Kier molecular flexibility index (Phi) is 2.98. The standard InChI is InChI=1S/C19H25FO/c1-18-8-14-6-15(9-18)11-19(10-14,12-18)17(21)7-13-2-4-16(20)5-3-13/h2-5,14-15,17,21H,6-12H2,1H3. The Labute approximate surface area is 126 Å². The van der Waals surface area contributed by atoms with Gasteiger partial charge in [0.05, 0.1) is 6.10 Å². The van der Waals surface area contributed by atoms with Crippen molar-refractivity contribution in [3.05, 3.63) is 35.6 Å². The highest BCUT2D eigenvalue weighted by molar-refractivity contribution is 5.19. The lowest BCUT2D eigenvalue weighted by Crippen LogP contribution is -2.55. The normalized spacial score (nSPS) is 42.2. The van der Waals surface area contributed by atoms with Crippen LogP contribution in [0.5, 0.6) is 0 Å². The van der Waals surface area contributed by atoms with Crippen LogP contribution in [0.4, 0.5) is 4.39 Å². The molecular weight excluding hydrogens is 263 g/mol. The molecule has 4 saturated carbocycles. The van der Waals surface area contributed by atoms with Gasteiger partial charge in [0, 0.05) is 0 Å². The van der Waals surface area contributed by atoms with Crippen LogP contribution in [0.25, 0.3) is 0 Å². The summed E-state index contributed by atoms with van der Waals surface area (Å²) in [5.74, 6) is 1.47. The van der Waals surface area contributed by atoms with Crippen molar-refractivity contribution in [2.24, 2.45) is 22.7 Å². The predicted octanol–water partition coefficient (Wildman–Crippen LogP) is 4.34. The summed E-state index contributed by atoms with van der Waals surface area (Å²) in [4.78, 5) is 0. The topological polar surface area (TPSA) is 20.2 Å². The number of halogens is 1. The second-order valence-corrected chi connectivity index (χ2v) is 8.48. The molecule has 0 heterocycles. The van der Waals surface area contributed by atoms with Gasteiger partial charge in [-0.3, -0.25) is 0 Å². The van der Waals surface area contributed by atoms with Crippen LogP contribution in [0.1, 0.15) is 51.0 Å². The van der Waals surface area contributed by atoms with Gasteiger partial charge < -0.3 is 5.11 Å². The van der Waals surface area contributed by atoms with Gasteiger partial charge >= 0.3 is 0 Å². The van der Waals surface area contributed by atoms with Crippen molar-refractivity contribution in [2.45, 2.75) is 58.0 Å². The Morgan fingerprint density at radius 1 is 1.14 bits per heavy atom. The first-order valence-electron chi connectivity index (χ1n) is 8.39. The van der Waals surface area contributed by atoms with E-state index >= 15 is 0 Å². The molecule has 4 aliphatic rings.